The summed E-state index contributed by atoms with van der Waals surface area (Å²) in [6.45, 7) is 8.23. The van der Waals surface area contributed by atoms with Crippen LogP contribution in [-0.4, -0.2) is 18.1 Å². The molecule has 1 aliphatic rings. The summed E-state index contributed by atoms with van der Waals surface area (Å²) in [5, 5.41) is 4.56. The van der Waals surface area contributed by atoms with E-state index in [0.29, 0.717) is 11.5 Å². The maximum absolute atomic E-state index is 3.82. The van der Waals surface area contributed by atoms with E-state index in [0.717, 1.165) is 11.8 Å². The molecule has 106 valence electrons. The summed E-state index contributed by atoms with van der Waals surface area (Å²) in [6.07, 6.45) is 5.95. The Morgan fingerprint density at radius 2 is 2.11 bits per heavy atom. The summed E-state index contributed by atoms with van der Waals surface area (Å²) in [7, 11) is 0. The standard InChI is InChI=1S/C17H27NS/c1-13(19-4)10-12-18-16-15-8-6-5-7-14(15)9-11-17(16,2)3/h5-8,13,16,18H,9-12H2,1-4H3. The van der Waals surface area contributed by atoms with E-state index in [1.165, 1.54) is 30.4 Å². The smallest absolute Gasteiger partial charge is 0.0374 e. The Morgan fingerprint density at radius 3 is 2.84 bits per heavy atom. The van der Waals surface area contributed by atoms with E-state index >= 15 is 0 Å². The Bertz CT molecular complexity index is 413. The van der Waals surface area contributed by atoms with Crippen LogP contribution in [0.3, 0.4) is 0 Å². The van der Waals surface area contributed by atoms with Gasteiger partial charge in [-0.3, -0.25) is 0 Å². The Balaban J connectivity index is 2.08. The van der Waals surface area contributed by atoms with Gasteiger partial charge in [0.25, 0.3) is 0 Å². The Kier molecular flexibility index (Phi) is 4.97. The summed E-state index contributed by atoms with van der Waals surface area (Å²) >= 11 is 1.96. The van der Waals surface area contributed by atoms with Gasteiger partial charge in [-0.15, -0.1) is 0 Å². The molecule has 2 unspecified atom stereocenters. The molecular weight excluding hydrogens is 250 g/mol. The highest BCUT2D eigenvalue weighted by atomic mass is 32.2. The van der Waals surface area contributed by atoms with E-state index < -0.39 is 0 Å². The van der Waals surface area contributed by atoms with Gasteiger partial charge in [-0.25, -0.2) is 0 Å². The molecule has 2 heteroatoms. The molecule has 1 aliphatic carbocycles. The van der Waals surface area contributed by atoms with Gasteiger partial charge in [0.05, 0.1) is 0 Å². The number of benzene rings is 1. The summed E-state index contributed by atoms with van der Waals surface area (Å²) in [5.41, 5.74) is 3.42. The number of hydrogen-bond acceptors (Lipinski definition) is 2. The first-order valence-electron chi connectivity index (χ1n) is 7.38. The van der Waals surface area contributed by atoms with Crippen LogP contribution in [0.1, 0.15) is 50.8 Å². The number of fused-ring (bicyclic) bond motifs is 1. The SMILES string of the molecule is CSC(C)CCNC1c2ccccc2CCC1(C)C. The van der Waals surface area contributed by atoms with Crippen molar-refractivity contribution >= 4 is 11.8 Å². The number of rotatable bonds is 5. The van der Waals surface area contributed by atoms with E-state index in [1.807, 2.05) is 11.8 Å². The van der Waals surface area contributed by atoms with Crippen LogP contribution in [0.5, 0.6) is 0 Å². The Morgan fingerprint density at radius 1 is 1.37 bits per heavy atom. The van der Waals surface area contributed by atoms with Gasteiger partial charge in [0.15, 0.2) is 0 Å². The minimum absolute atomic E-state index is 0.358. The maximum atomic E-state index is 3.82. The fourth-order valence-corrected chi connectivity index (χ4v) is 3.35. The van der Waals surface area contributed by atoms with E-state index in [-0.39, 0.29) is 0 Å². The van der Waals surface area contributed by atoms with Crippen molar-refractivity contribution in [3.63, 3.8) is 0 Å². The van der Waals surface area contributed by atoms with Crippen LogP contribution in [-0.2, 0) is 6.42 Å². The monoisotopic (exact) mass is 277 g/mol. The van der Waals surface area contributed by atoms with Gasteiger partial charge in [0.1, 0.15) is 0 Å². The van der Waals surface area contributed by atoms with Crippen molar-refractivity contribution in [2.75, 3.05) is 12.8 Å². The van der Waals surface area contributed by atoms with E-state index in [1.54, 1.807) is 0 Å². The quantitative estimate of drug-likeness (QED) is 0.854. The summed E-state index contributed by atoms with van der Waals surface area (Å²) < 4.78 is 0. The molecule has 0 amide bonds. The molecule has 0 fully saturated rings. The molecule has 1 nitrogen and oxygen atoms in total. The second kappa shape index (κ2) is 6.32. The second-order valence-corrected chi connectivity index (χ2v) is 7.69. The van der Waals surface area contributed by atoms with Crippen molar-refractivity contribution < 1.29 is 0 Å². The zero-order valence-electron chi connectivity index (χ0n) is 12.7. The first kappa shape index (κ1) is 14.9. The molecule has 0 aromatic heterocycles. The van der Waals surface area contributed by atoms with Crippen molar-refractivity contribution in [3.05, 3.63) is 35.4 Å². The fourth-order valence-electron chi connectivity index (χ4n) is 3.00. The average Bonchev–Trinajstić information content (AvgIpc) is 2.41. The topological polar surface area (TPSA) is 12.0 Å². The van der Waals surface area contributed by atoms with Crippen LogP contribution >= 0.6 is 11.8 Å². The summed E-state index contributed by atoms with van der Waals surface area (Å²) in [5.74, 6) is 0. The molecule has 1 aromatic carbocycles. The molecule has 0 spiro atoms. The van der Waals surface area contributed by atoms with Crippen LogP contribution in [0, 0.1) is 5.41 Å². The van der Waals surface area contributed by atoms with Gasteiger partial charge in [0, 0.05) is 11.3 Å². The summed E-state index contributed by atoms with van der Waals surface area (Å²) in [4.78, 5) is 0. The largest absolute Gasteiger partial charge is 0.309 e. The van der Waals surface area contributed by atoms with Crippen LogP contribution in [0.15, 0.2) is 24.3 Å². The van der Waals surface area contributed by atoms with Crippen molar-refractivity contribution in [2.24, 2.45) is 5.41 Å². The van der Waals surface area contributed by atoms with Gasteiger partial charge < -0.3 is 5.32 Å². The lowest BCUT2D eigenvalue weighted by Gasteiger charge is -2.41. The number of hydrogen-bond donors (Lipinski definition) is 1. The third-order valence-corrected chi connectivity index (χ3v) is 5.53. The fraction of sp³-hybridized carbons (Fsp3) is 0.647. The van der Waals surface area contributed by atoms with Gasteiger partial charge in [0.2, 0.25) is 0 Å². The van der Waals surface area contributed by atoms with Crippen LogP contribution in [0.25, 0.3) is 0 Å². The minimum Gasteiger partial charge on any atom is -0.309 e. The van der Waals surface area contributed by atoms with Crippen LogP contribution < -0.4 is 5.32 Å². The van der Waals surface area contributed by atoms with Crippen molar-refractivity contribution in [1.82, 2.24) is 5.32 Å². The van der Waals surface area contributed by atoms with E-state index in [4.69, 9.17) is 0 Å². The third kappa shape index (κ3) is 3.55. The van der Waals surface area contributed by atoms with E-state index in [9.17, 15) is 0 Å². The molecule has 0 saturated carbocycles. The number of nitrogens with one attached hydrogen (secondary N) is 1. The maximum Gasteiger partial charge on any atom is 0.0374 e. The number of thioether (sulfide) groups is 1. The molecule has 0 aliphatic heterocycles. The lowest BCUT2D eigenvalue weighted by molar-refractivity contribution is 0.209. The molecule has 1 aromatic rings. The second-order valence-electron chi connectivity index (χ2n) is 6.41. The highest BCUT2D eigenvalue weighted by molar-refractivity contribution is 7.99. The zero-order valence-corrected chi connectivity index (χ0v) is 13.5. The van der Waals surface area contributed by atoms with Gasteiger partial charge in [-0.1, -0.05) is 45.0 Å². The molecule has 0 radical (unpaired) electrons. The van der Waals surface area contributed by atoms with Gasteiger partial charge in [-0.2, -0.15) is 11.8 Å². The normalized spacial score (nSPS) is 22.8. The molecular formula is C17H27NS. The molecule has 2 atom stereocenters. The molecule has 2 rings (SSSR count). The molecule has 0 heterocycles. The lowest BCUT2D eigenvalue weighted by atomic mass is 9.70. The Labute approximate surface area is 122 Å². The van der Waals surface area contributed by atoms with E-state index in [2.05, 4.69) is 56.6 Å². The van der Waals surface area contributed by atoms with Crippen LogP contribution in [0.4, 0.5) is 0 Å². The first-order chi connectivity index (χ1) is 9.04. The molecule has 0 bridgehead atoms. The van der Waals surface area contributed by atoms with Crippen molar-refractivity contribution in [1.29, 1.82) is 0 Å². The molecule has 0 saturated heterocycles. The average molecular weight is 277 g/mol. The highest BCUT2D eigenvalue weighted by Gasteiger charge is 2.35. The number of aryl methyl sites for hydroxylation is 1. The van der Waals surface area contributed by atoms with Gasteiger partial charge in [-0.05, 0) is 48.6 Å². The predicted octanol–water partition coefficient (Wildman–Crippen LogP) is 4.43. The zero-order chi connectivity index (χ0) is 13.9. The highest BCUT2D eigenvalue weighted by Crippen LogP contribution is 2.43. The molecule has 1 N–H and O–H groups in total. The predicted molar refractivity (Wildman–Crippen MR) is 86.9 cm³/mol. The van der Waals surface area contributed by atoms with Crippen molar-refractivity contribution in [2.45, 2.75) is 51.3 Å². The summed E-state index contributed by atoms with van der Waals surface area (Å²) in [6, 6.07) is 9.46. The first-order valence-corrected chi connectivity index (χ1v) is 8.67. The minimum atomic E-state index is 0.358. The Hall–Kier alpha value is -0.470. The third-order valence-electron chi connectivity index (χ3n) is 4.49. The van der Waals surface area contributed by atoms with Crippen molar-refractivity contribution in [3.8, 4) is 0 Å². The van der Waals surface area contributed by atoms with Gasteiger partial charge >= 0.3 is 0 Å². The van der Waals surface area contributed by atoms with Crippen LogP contribution in [0.2, 0.25) is 0 Å². The molecule has 19 heavy (non-hydrogen) atoms. The lowest BCUT2D eigenvalue weighted by Crippen LogP contribution is -2.39.